The molecule has 0 aliphatic carbocycles. The summed E-state index contributed by atoms with van der Waals surface area (Å²) in [4.78, 5) is 29.1. The van der Waals surface area contributed by atoms with E-state index in [0.29, 0.717) is 6.54 Å². The third-order valence-corrected chi connectivity index (χ3v) is 8.32. The van der Waals surface area contributed by atoms with Gasteiger partial charge in [0.2, 0.25) is 21.8 Å². The van der Waals surface area contributed by atoms with Gasteiger partial charge in [-0.05, 0) is 42.7 Å². The van der Waals surface area contributed by atoms with Crippen LogP contribution in [0.4, 0.5) is 5.69 Å². The Morgan fingerprint density at radius 3 is 2.20 bits per heavy atom. The highest BCUT2D eigenvalue weighted by Gasteiger charge is 2.33. The molecule has 10 heteroatoms. The van der Waals surface area contributed by atoms with E-state index in [-0.39, 0.29) is 34.6 Å². The van der Waals surface area contributed by atoms with Gasteiger partial charge in [-0.2, -0.15) is 0 Å². The standard InChI is InChI=1S/C30H35Cl2N3O4S/c1-4-5-17-33-30(37)28(18-23-9-7-6-8-10-23)34(20-24-13-11-22(2)12-14-24)29(36)21-35(40(3,38)39)25-15-16-26(31)27(32)19-25/h6-16,19,28H,4-5,17-18,20-21H2,1-3H3,(H,33,37). The maximum absolute atomic E-state index is 14.0. The number of benzene rings is 3. The number of sulfonamides is 1. The number of rotatable bonds is 13. The number of amides is 2. The molecule has 0 aliphatic rings. The maximum atomic E-state index is 14.0. The van der Waals surface area contributed by atoms with E-state index >= 15 is 0 Å². The van der Waals surface area contributed by atoms with E-state index in [1.54, 1.807) is 0 Å². The Labute approximate surface area is 247 Å². The molecule has 3 aromatic rings. The van der Waals surface area contributed by atoms with E-state index in [9.17, 15) is 18.0 Å². The highest BCUT2D eigenvalue weighted by atomic mass is 35.5. The van der Waals surface area contributed by atoms with E-state index < -0.39 is 28.5 Å². The molecule has 0 aliphatic heterocycles. The molecule has 40 heavy (non-hydrogen) atoms. The van der Waals surface area contributed by atoms with Crippen molar-refractivity contribution < 1.29 is 18.0 Å². The summed E-state index contributed by atoms with van der Waals surface area (Å²) in [5, 5.41) is 3.39. The predicted octanol–water partition coefficient (Wildman–Crippen LogP) is 5.62. The number of hydrogen-bond acceptors (Lipinski definition) is 4. The molecular weight excluding hydrogens is 569 g/mol. The fourth-order valence-electron chi connectivity index (χ4n) is 4.20. The summed E-state index contributed by atoms with van der Waals surface area (Å²) in [6.07, 6.45) is 2.99. The summed E-state index contributed by atoms with van der Waals surface area (Å²) in [6, 6.07) is 20.6. The largest absolute Gasteiger partial charge is 0.354 e. The second-order valence-corrected chi connectivity index (χ2v) is 12.4. The zero-order valence-corrected chi connectivity index (χ0v) is 25.3. The van der Waals surface area contributed by atoms with Crippen molar-refractivity contribution in [1.82, 2.24) is 10.2 Å². The van der Waals surface area contributed by atoms with Crippen molar-refractivity contribution in [2.75, 3.05) is 23.7 Å². The van der Waals surface area contributed by atoms with Gasteiger partial charge in [-0.15, -0.1) is 0 Å². The molecule has 214 valence electrons. The number of unbranched alkanes of at least 4 members (excludes halogenated alkanes) is 1. The molecule has 0 saturated heterocycles. The first-order valence-electron chi connectivity index (χ1n) is 13.1. The van der Waals surface area contributed by atoms with Gasteiger partial charge in [0.05, 0.1) is 22.0 Å². The molecule has 1 atom stereocenters. The SMILES string of the molecule is CCCCNC(=O)C(Cc1ccccc1)N(Cc1ccc(C)cc1)C(=O)CN(c1ccc(Cl)c(Cl)c1)S(C)(=O)=O. The van der Waals surface area contributed by atoms with Gasteiger partial charge in [0, 0.05) is 19.5 Å². The molecule has 1 unspecified atom stereocenters. The van der Waals surface area contributed by atoms with E-state index in [2.05, 4.69) is 5.32 Å². The number of nitrogens with one attached hydrogen (secondary N) is 1. The molecular formula is C30H35Cl2N3O4S. The molecule has 3 aromatic carbocycles. The van der Waals surface area contributed by atoms with Crippen molar-refractivity contribution in [1.29, 1.82) is 0 Å². The van der Waals surface area contributed by atoms with Gasteiger partial charge < -0.3 is 10.2 Å². The van der Waals surface area contributed by atoms with Crippen molar-refractivity contribution in [2.24, 2.45) is 0 Å². The first kappa shape index (κ1) is 31.5. The van der Waals surface area contributed by atoms with E-state index in [4.69, 9.17) is 23.2 Å². The number of halogens is 2. The second-order valence-electron chi connectivity index (χ2n) is 9.73. The van der Waals surface area contributed by atoms with Crippen LogP contribution in [0, 0.1) is 6.92 Å². The average Bonchev–Trinajstić information content (AvgIpc) is 2.92. The second kappa shape index (κ2) is 14.5. The molecule has 0 heterocycles. The van der Waals surface area contributed by atoms with Gasteiger partial charge in [0.1, 0.15) is 12.6 Å². The third-order valence-electron chi connectivity index (χ3n) is 6.44. The Bertz CT molecular complexity index is 1400. The van der Waals surface area contributed by atoms with Crippen LogP contribution in [0.2, 0.25) is 10.0 Å². The monoisotopic (exact) mass is 603 g/mol. The van der Waals surface area contributed by atoms with Gasteiger partial charge in [0.15, 0.2) is 0 Å². The van der Waals surface area contributed by atoms with Crippen molar-refractivity contribution in [3.8, 4) is 0 Å². The van der Waals surface area contributed by atoms with Crippen LogP contribution >= 0.6 is 23.2 Å². The molecule has 0 bridgehead atoms. The Kier molecular flexibility index (Phi) is 11.4. The first-order chi connectivity index (χ1) is 19.0. The molecule has 0 fully saturated rings. The molecule has 2 amide bonds. The Morgan fingerprint density at radius 1 is 0.925 bits per heavy atom. The van der Waals surface area contributed by atoms with Crippen molar-refractivity contribution in [2.45, 2.75) is 45.7 Å². The molecule has 3 rings (SSSR count). The average molecular weight is 605 g/mol. The van der Waals surface area contributed by atoms with Gasteiger partial charge in [0.25, 0.3) is 0 Å². The van der Waals surface area contributed by atoms with Gasteiger partial charge >= 0.3 is 0 Å². The summed E-state index contributed by atoms with van der Waals surface area (Å²) in [5.41, 5.74) is 2.96. The number of carbonyl (C=O) groups excluding carboxylic acids is 2. The smallest absolute Gasteiger partial charge is 0.244 e. The zero-order chi connectivity index (χ0) is 29.3. The van der Waals surface area contributed by atoms with Crippen molar-refractivity contribution in [3.63, 3.8) is 0 Å². The topological polar surface area (TPSA) is 86.8 Å². The maximum Gasteiger partial charge on any atom is 0.244 e. The summed E-state index contributed by atoms with van der Waals surface area (Å²) in [6.45, 7) is 4.08. The van der Waals surface area contributed by atoms with Crippen LogP contribution < -0.4 is 9.62 Å². The number of anilines is 1. The molecule has 0 spiro atoms. The van der Waals surface area contributed by atoms with Crippen LogP contribution in [0.5, 0.6) is 0 Å². The van der Waals surface area contributed by atoms with Crippen LogP contribution in [0.15, 0.2) is 72.8 Å². The lowest BCUT2D eigenvalue weighted by Gasteiger charge is -2.33. The number of carbonyl (C=O) groups is 2. The van der Waals surface area contributed by atoms with Crippen LogP contribution in [0.3, 0.4) is 0 Å². The lowest BCUT2D eigenvalue weighted by molar-refractivity contribution is -0.140. The Hall–Kier alpha value is -3.07. The minimum Gasteiger partial charge on any atom is -0.354 e. The molecule has 7 nitrogen and oxygen atoms in total. The summed E-state index contributed by atoms with van der Waals surface area (Å²) in [7, 11) is -3.89. The summed E-state index contributed by atoms with van der Waals surface area (Å²) >= 11 is 12.2. The van der Waals surface area contributed by atoms with Crippen molar-refractivity contribution >= 4 is 50.7 Å². The summed E-state index contributed by atoms with van der Waals surface area (Å²) < 4.78 is 26.7. The Balaban J connectivity index is 2.03. The minimum absolute atomic E-state index is 0.122. The normalized spacial score (nSPS) is 12.0. The lowest BCUT2D eigenvalue weighted by Crippen LogP contribution is -2.53. The van der Waals surface area contributed by atoms with Crippen LogP contribution in [-0.4, -0.2) is 50.5 Å². The number of hydrogen-bond donors (Lipinski definition) is 1. The molecule has 0 aromatic heterocycles. The van der Waals surface area contributed by atoms with E-state index in [0.717, 1.165) is 40.1 Å². The highest BCUT2D eigenvalue weighted by molar-refractivity contribution is 7.92. The quantitative estimate of drug-likeness (QED) is 0.257. The van der Waals surface area contributed by atoms with Crippen LogP contribution in [0.25, 0.3) is 0 Å². The van der Waals surface area contributed by atoms with Crippen molar-refractivity contribution in [3.05, 3.63) is 99.5 Å². The fraction of sp³-hybridized carbons (Fsp3) is 0.333. The van der Waals surface area contributed by atoms with Gasteiger partial charge in [-0.3, -0.25) is 13.9 Å². The predicted molar refractivity (Wildman–Crippen MR) is 162 cm³/mol. The fourth-order valence-corrected chi connectivity index (χ4v) is 5.34. The highest BCUT2D eigenvalue weighted by Crippen LogP contribution is 2.29. The molecule has 0 saturated carbocycles. The summed E-state index contributed by atoms with van der Waals surface area (Å²) in [5.74, 6) is -0.818. The van der Waals surface area contributed by atoms with E-state index in [1.807, 2.05) is 68.4 Å². The van der Waals surface area contributed by atoms with Crippen LogP contribution in [-0.2, 0) is 32.6 Å². The lowest BCUT2D eigenvalue weighted by atomic mass is 10.0. The number of aryl methyl sites for hydroxylation is 1. The molecule has 1 N–H and O–H groups in total. The van der Waals surface area contributed by atoms with Gasteiger partial charge in [-0.1, -0.05) is 96.7 Å². The minimum atomic E-state index is -3.89. The van der Waals surface area contributed by atoms with E-state index in [1.165, 1.54) is 23.1 Å². The van der Waals surface area contributed by atoms with Crippen LogP contribution in [0.1, 0.15) is 36.5 Å². The Morgan fingerprint density at radius 2 is 1.60 bits per heavy atom. The molecule has 0 radical (unpaired) electrons. The first-order valence-corrected chi connectivity index (χ1v) is 15.7. The third kappa shape index (κ3) is 8.98. The van der Waals surface area contributed by atoms with Gasteiger partial charge in [-0.25, -0.2) is 8.42 Å². The number of nitrogens with zero attached hydrogens (tertiary/aromatic N) is 2. The zero-order valence-electron chi connectivity index (χ0n) is 22.9.